The third-order valence-electron chi connectivity index (χ3n) is 3.16. The van der Waals surface area contributed by atoms with E-state index in [2.05, 4.69) is 17.1 Å². The Bertz CT molecular complexity index is 152. The Hall–Kier alpha value is -0.120. The largest absolute Gasteiger partial charge is 0.383 e. The van der Waals surface area contributed by atoms with Gasteiger partial charge in [0.1, 0.15) is 0 Å². The highest BCUT2D eigenvalue weighted by Crippen LogP contribution is 2.21. The molecule has 84 valence electrons. The minimum Gasteiger partial charge on any atom is -0.383 e. The molecule has 0 amide bonds. The lowest BCUT2D eigenvalue weighted by molar-refractivity contribution is 0.0796. The highest BCUT2D eigenvalue weighted by molar-refractivity contribution is 4.85. The van der Waals surface area contributed by atoms with E-state index in [1.165, 1.54) is 25.8 Å². The quantitative estimate of drug-likeness (QED) is 0.695. The molecule has 3 nitrogen and oxygen atoms in total. The van der Waals surface area contributed by atoms with Crippen LogP contribution in [0.15, 0.2) is 0 Å². The lowest BCUT2D eigenvalue weighted by atomic mass is 10.1. The molecule has 1 heterocycles. The summed E-state index contributed by atoms with van der Waals surface area (Å²) in [5.74, 6) is 0. The molecule has 1 aliphatic heterocycles. The zero-order chi connectivity index (χ0) is 10.4. The molecule has 2 unspecified atom stereocenters. The fraction of sp³-hybridized carbons (Fsp3) is 1.00. The molecular formula is C11H24N2O. The van der Waals surface area contributed by atoms with Gasteiger partial charge in [0, 0.05) is 25.7 Å². The van der Waals surface area contributed by atoms with Crippen LogP contribution in [0.3, 0.4) is 0 Å². The number of hydrogen-bond donors (Lipinski definition) is 1. The maximum atomic E-state index is 5.27. The first kappa shape index (κ1) is 12.0. The summed E-state index contributed by atoms with van der Waals surface area (Å²) in [6, 6.07) is 1.33. The molecule has 1 N–H and O–H groups in total. The molecule has 1 aliphatic rings. The summed E-state index contributed by atoms with van der Waals surface area (Å²) in [4.78, 5) is 2.61. The van der Waals surface area contributed by atoms with Crippen molar-refractivity contribution in [1.82, 2.24) is 10.2 Å². The number of nitrogens with zero attached hydrogens (tertiary/aromatic N) is 1. The third kappa shape index (κ3) is 2.94. The molecule has 1 rings (SSSR count). The van der Waals surface area contributed by atoms with E-state index in [9.17, 15) is 0 Å². The first-order chi connectivity index (χ1) is 6.83. The van der Waals surface area contributed by atoms with Gasteiger partial charge in [-0.1, -0.05) is 6.92 Å². The first-order valence-electron chi connectivity index (χ1n) is 5.72. The van der Waals surface area contributed by atoms with Gasteiger partial charge in [-0.15, -0.1) is 0 Å². The molecule has 14 heavy (non-hydrogen) atoms. The average molecular weight is 200 g/mol. The van der Waals surface area contributed by atoms with E-state index in [1.807, 2.05) is 7.05 Å². The van der Waals surface area contributed by atoms with Gasteiger partial charge in [-0.25, -0.2) is 0 Å². The molecule has 0 aliphatic carbocycles. The Morgan fingerprint density at radius 2 is 2.36 bits per heavy atom. The van der Waals surface area contributed by atoms with E-state index in [1.54, 1.807) is 7.11 Å². The van der Waals surface area contributed by atoms with E-state index in [4.69, 9.17) is 4.74 Å². The summed E-state index contributed by atoms with van der Waals surface area (Å²) in [7, 11) is 3.83. The van der Waals surface area contributed by atoms with E-state index in [-0.39, 0.29) is 0 Å². The van der Waals surface area contributed by atoms with Crippen LogP contribution < -0.4 is 5.32 Å². The van der Waals surface area contributed by atoms with Gasteiger partial charge in [0.25, 0.3) is 0 Å². The second-order valence-corrected chi connectivity index (χ2v) is 4.11. The molecular weight excluding hydrogens is 176 g/mol. The van der Waals surface area contributed by atoms with Crippen molar-refractivity contribution in [2.24, 2.45) is 0 Å². The molecule has 0 aromatic rings. The van der Waals surface area contributed by atoms with Gasteiger partial charge in [0.15, 0.2) is 0 Å². The van der Waals surface area contributed by atoms with Crippen LogP contribution in [0, 0.1) is 0 Å². The second kappa shape index (κ2) is 6.38. The molecule has 0 aromatic carbocycles. The standard InChI is InChI=1S/C11H24N2O/c1-4-10(9-14-3)13-7-5-6-11(13)8-12-2/h10-12H,4-9H2,1-3H3. The van der Waals surface area contributed by atoms with Gasteiger partial charge in [-0.05, 0) is 32.9 Å². The Balaban J connectivity index is 2.45. The summed E-state index contributed by atoms with van der Waals surface area (Å²) in [5.41, 5.74) is 0. The summed E-state index contributed by atoms with van der Waals surface area (Å²) in [6.07, 6.45) is 3.86. The highest BCUT2D eigenvalue weighted by atomic mass is 16.5. The normalized spacial score (nSPS) is 25.5. The number of likely N-dealkylation sites (tertiary alicyclic amines) is 1. The van der Waals surface area contributed by atoms with Gasteiger partial charge < -0.3 is 10.1 Å². The molecule has 3 heteroatoms. The van der Waals surface area contributed by atoms with Crippen LogP contribution in [0.4, 0.5) is 0 Å². The maximum Gasteiger partial charge on any atom is 0.0618 e. The number of nitrogens with one attached hydrogen (secondary N) is 1. The van der Waals surface area contributed by atoms with Crippen LogP contribution in [0.2, 0.25) is 0 Å². The van der Waals surface area contributed by atoms with Crippen LogP contribution in [0.5, 0.6) is 0 Å². The number of rotatable bonds is 6. The van der Waals surface area contributed by atoms with Gasteiger partial charge in [-0.2, -0.15) is 0 Å². The third-order valence-corrected chi connectivity index (χ3v) is 3.16. The molecule has 0 aromatic heterocycles. The van der Waals surface area contributed by atoms with Crippen molar-refractivity contribution in [2.75, 3.05) is 33.9 Å². The lowest BCUT2D eigenvalue weighted by Crippen LogP contribution is -2.45. The van der Waals surface area contributed by atoms with Crippen molar-refractivity contribution in [1.29, 1.82) is 0 Å². The molecule has 0 bridgehead atoms. The van der Waals surface area contributed by atoms with Crippen LogP contribution in [0.1, 0.15) is 26.2 Å². The molecule has 1 saturated heterocycles. The van der Waals surface area contributed by atoms with Crippen molar-refractivity contribution >= 4 is 0 Å². The van der Waals surface area contributed by atoms with E-state index in [0.717, 1.165) is 19.2 Å². The van der Waals surface area contributed by atoms with E-state index < -0.39 is 0 Å². The van der Waals surface area contributed by atoms with Crippen molar-refractivity contribution < 1.29 is 4.74 Å². The second-order valence-electron chi connectivity index (χ2n) is 4.11. The van der Waals surface area contributed by atoms with Crippen LogP contribution in [0.25, 0.3) is 0 Å². The fourth-order valence-corrected chi connectivity index (χ4v) is 2.43. The Kier molecular flexibility index (Phi) is 5.45. The SMILES string of the molecule is CCC(COC)N1CCCC1CNC. The monoisotopic (exact) mass is 200 g/mol. The van der Waals surface area contributed by atoms with Gasteiger partial charge in [-0.3, -0.25) is 4.90 Å². The molecule has 1 fully saturated rings. The summed E-state index contributed by atoms with van der Waals surface area (Å²) >= 11 is 0. The average Bonchev–Trinajstić information content (AvgIpc) is 2.63. The van der Waals surface area contributed by atoms with Gasteiger partial charge >= 0.3 is 0 Å². The van der Waals surface area contributed by atoms with Crippen LogP contribution in [-0.2, 0) is 4.74 Å². The molecule has 0 radical (unpaired) electrons. The van der Waals surface area contributed by atoms with Gasteiger partial charge in [0.2, 0.25) is 0 Å². The summed E-state index contributed by atoms with van der Waals surface area (Å²) < 4.78 is 5.27. The minimum atomic E-state index is 0.612. The first-order valence-corrected chi connectivity index (χ1v) is 5.72. The smallest absolute Gasteiger partial charge is 0.0618 e. The minimum absolute atomic E-state index is 0.612. The Morgan fingerprint density at radius 3 is 2.93 bits per heavy atom. The summed E-state index contributed by atoms with van der Waals surface area (Å²) in [5, 5.41) is 3.28. The number of likely N-dealkylation sites (N-methyl/N-ethyl adjacent to an activating group) is 1. The van der Waals surface area contributed by atoms with Crippen molar-refractivity contribution in [3.63, 3.8) is 0 Å². The van der Waals surface area contributed by atoms with Crippen molar-refractivity contribution in [3.05, 3.63) is 0 Å². The lowest BCUT2D eigenvalue weighted by Gasteiger charge is -2.32. The van der Waals surface area contributed by atoms with E-state index in [0.29, 0.717) is 6.04 Å². The van der Waals surface area contributed by atoms with Crippen LogP contribution in [-0.4, -0.2) is 50.8 Å². The molecule has 2 atom stereocenters. The summed E-state index contributed by atoms with van der Waals surface area (Å²) in [6.45, 7) is 5.48. The van der Waals surface area contributed by atoms with Gasteiger partial charge in [0.05, 0.1) is 6.61 Å². The Labute approximate surface area is 87.8 Å². The fourth-order valence-electron chi connectivity index (χ4n) is 2.43. The highest BCUT2D eigenvalue weighted by Gasteiger charge is 2.28. The predicted octanol–water partition coefficient (Wildman–Crippen LogP) is 1.10. The number of methoxy groups -OCH3 is 1. The number of hydrogen-bond acceptors (Lipinski definition) is 3. The Morgan fingerprint density at radius 1 is 1.57 bits per heavy atom. The van der Waals surface area contributed by atoms with Crippen molar-refractivity contribution in [3.8, 4) is 0 Å². The number of ether oxygens (including phenoxy) is 1. The zero-order valence-electron chi connectivity index (χ0n) is 9.75. The zero-order valence-corrected chi connectivity index (χ0v) is 9.75. The van der Waals surface area contributed by atoms with E-state index >= 15 is 0 Å². The topological polar surface area (TPSA) is 24.5 Å². The van der Waals surface area contributed by atoms with Crippen LogP contribution >= 0.6 is 0 Å². The molecule has 0 spiro atoms. The molecule has 0 saturated carbocycles. The maximum absolute atomic E-state index is 5.27. The predicted molar refractivity (Wildman–Crippen MR) is 59.6 cm³/mol. The van der Waals surface area contributed by atoms with Crippen molar-refractivity contribution in [2.45, 2.75) is 38.3 Å².